The van der Waals surface area contributed by atoms with Crippen molar-refractivity contribution in [2.75, 3.05) is 20.6 Å². The Kier molecular flexibility index (Phi) is 4.90. The molecule has 0 N–H and O–H groups in total. The fourth-order valence-electron chi connectivity index (χ4n) is 0.639. The van der Waals surface area contributed by atoms with Gasteiger partial charge in [0.1, 0.15) is 6.10 Å². The number of carbonyl (C=O) groups excluding carboxylic acids is 1. The second-order valence-electron chi connectivity index (χ2n) is 3.68. The van der Waals surface area contributed by atoms with Crippen LogP contribution in [0.15, 0.2) is 0 Å². The number of rotatable bonds is 4. The molecule has 0 aromatic heterocycles. The van der Waals surface area contributed by atoms with E-state index >= 15 is 0 Å². The molecule has 0 bridgehead atoms. The fraction of sp³-hybridized carbons (Fsp3) is 0.889. The fourth-order valence-corrected chi connectivity index (χ4v) is 0.639. The Morgan fingerprint density at radius 3 is 2.17 bits per heavy atom. The Hall–Kier alpha value is -0.570. The van der Waals surface area contributed by atoms with Gasteiger partial charge in [0.15, 0.2) is 0 Å². The molecule has 0 aliphatic rings. The topological polar surface area (TPSA) is 29.5 Å². The van der Waals surface area contributed by atoms with E-state index in [9.17, 15) is 4.79 Å². The van der Waals surface area contributed by atoms with E-state index in [2.05, 4.69) is 0 Å². The predicted octanol–water partition coefficient (Wildman–Crippen LogP) is 1.14. The zero-order chi connectivity index (χ0) is 9.72. The summed E-state index contributed by atoms with van der Waals surface area (Å²) in [4.78, 5) is 12.9. The normalized spacial score (nSPS) is 13.6. The van der Waals surface area contributed by atoms with Crippen LogP contribution in [0.25, 0.3) is 0 Å². The van der Waals surface area contributed by atoms with Crippen molar-refractivity contribution in [2.24, 2.45) is 5.92 Å². The molecule has 0 radical (unpaired) electrons. The SMILES string of the molecule is CC(C)C(C)OC(=O)CN(C)C. The molecular formula is C9H19NO2. The van der Waals surface area contributed by atoms with Crippen LogP contribution >= 0.6 is 0 Å². The number of hydrogen-bond donors (Lipinski definition) is 0. The molecule has 0 aromatic carbocycles. The molecule has 0 amide bonds. The second-order valence-corrected chi connectivity index (χ2v) is 3.68. The second kappa shape index (κ2) is 5.14. The Labute approximate surface area is 74.7 Å². The third kappa shape index (κ3) is 5.13. The van der Waals surface area contributed by atoms with Gasteiger partial charge in [-0.3, -0.25) is 9.69 Å². The van der Waals surface area contributed by atoms with E-state index in [1.54, 1.807) is 4.90 Å². The first kappa shape index (κ1) is 11.4. The summed E-state index contributed by atoms with van der Waals surface area (Å²) in [5, 5.41) is 0. The van der Waals surface area contributed by atoms with Crippen molar-refractivity contribution in [3.05, 3.63) is 0 Å². The average Bonchev–Trinajstić information content (AvgIpc) is 1.84. The maximum absolute atomic E-state index is 11.1. The van der Waals surface area contributed by atoms with Gasteiger partial charge in [0.2, 0.25) is 0 Å². The number of esters is 1. The Bertz CT molecular complexity index is 143. The van der Waals surface area contributed by atoms with Crippen molar-refractivity contribution >= 4 is 5.97 Å². The molecule has 12 heavy (non-hydrogen) atoms. The Morgan fingerprint density at radius 2 is 1.83 bits per heavy atom. The highest BCUT2D eigenvalue weighted by Gasteiger charge is 2.12. The van der Waals surface area contributed by atoms with Gasteiger partial charge < -0.3 is 4.74 Å². The van der Waals surface area contributed by atoms with Crippen molar-refractivity contribution in [3.8, 4) is 0 Å². The average molecular weight is 173 g/mol. The van der Waals surface area contributed by atoms with Crippen LogP contribution in [0.5, 0.6) is 0 Å². The van der Waals surface area contributed by atoms with Crippen molar-refractivity contribution < 1.29 is 9.53 Å². The van der Waals surface area contributed by atoms with Crippen LogP contribution in [0.2, 0.25) is 0 Å². The lowest BCUT2D eigenvalue weighted by molar-refractivity contribution is -0.150. The van der Waals surface area contributed by atoms with Crippen molar-refractivity contribution in [1.29, 1.82) is 0 Å². The van der Waals surface area contributed by atoms with E-state index in [1.807, 2.05) is 34.9 Å². The summed E-state index contributed by atoms with van der Waals surface area (Å²) in [5.74, 6) is 0.234. The Balaban J connectivity index is 3.69. The van der Waals surface area contributed by atoms with Crippen molar-refractivity contribution in [3.63, 3.8) is 0 Å². The van der Waals surface area contributed by atoms with Crippen LogP contribution in [-0.2, 0) is 9.53 Å². The summed E-state index contributed by atoms with van der Waals surface area (Å²) in [5.41, 5.74) is 0. The molecule has 3 nitrogen and oxygen atoms in total. The summed E-state index contributed by atoms with van der Waals surface area (Å²) in [6.45, 7) is 6.34. The van der Waals surface area contributed by atoms with Crippen LogP contribution in [0.1, 0.15) is 20.8 Å². The molecule has 3 heteroatoms. The maximum Gasteiger partial charge on any atom is 0.320 e. The third-order valence-electron chi connectivity index (χ3n) is 1.70. The molecule has 0 rings (SSSR count). The zero-order valence-electron chi connectivity index (χ0n) is 8.63. The van der Waals surface area contributed by atoms with E-state index in [-0.39, 0.29) is 12.1 Å². The standard InChI is InChI=1S/C9H19NO2/c1-7(2)8(3)12-9(11)6-10(4)5/h7-8H,6H2,1-5H3. The molecular weight excluding hydrogens is 154 g/mol. The molecule has 0 spiro atoms. The van der Waals surface area contributed by atoms with E-state index < -0.39 is 0 Å². The highest BCUT2D eigenvalue weighted by Crippen LogP contribution is 2.05. The third-order valence-corrected chi connectivity index (χ3v) is 1.70. The first-order valence-corrected chi connectivity index (χ1v) is 4.27. The van der Waals surface area contributed by atoms with Crippen molar-refractivity contribution in [2.45, 2.75) is 26.9 Å². The molecule has 1 unspecified atom stereocenters. The quantitative estimate of drug-likeness (QED) is 0.597. The number of nitrogens with zero attached hydrogens (tertiary/aromatic N) is 1. The highest BCUT2D eigenvalue weighted by molar-refractivity contribution is 5.71. The lowest BCUT2D eigenvalue weighted by Crippen LogP contribution is -2.28. The molecule has 1 atom stereocenters. The van der Waals surface area contributed by atoms with Gasteiger partial charge in [-0.1, -0.05) is 13.8 Å². The minimum atomic E-state index is -0.152. The minimum absolute atomic E-state index is 0.0115. The van der Waals surface area contributed by atoms with E-state index in [1.165, 1.54) is 0 Å². The van der Waals surface area contributed by atoms with Crippen LogP contribution in [0.3, 0.4) is 0 Å². The van der Waals surface area contributed by atoms with Crippen LogP contribution in [0.4, 0.5) is 0 Å². The number of ether oxygens (including phenoxy) is 1. The van der Waals surface area contributed by atoms with Gasteiger partial charge in [-0.2, -0.15) is 0 Å². The molecule has 0 heterocycles. The highest BCUT2D eigenvalue weighted by atomic mass is 16.5. The van der Waals surface area contributed by atoms with Crippen LogP contribution in [-0.4, -0.2) is 37.6 Å². The van der Waals surface area contributed by atoms with Crippen molar-refractivity contribution in [1.82, 2.24) is 4.90 Å². The molecule has 0 aliphatic carbocycles. The minimum Gasteiger partial charge on any atom is -0.461 e. The molecule has 0 saturated heterocycles. The van der Waals surface area contributed by atoms with Gasteiger partial charge in [-0.05, 0) is 26.9 Å². The summed E-state index contributed by atoms with van der Waals surface area (Å²) in [6.07, 6.45) is 0.0115. The van der Waals surface area contributed by atoms with Gasteiger partial charge in [0.05, 0.1) is 6.54 Å². The number of carbonyl (C=O) groups is 1. The summed E-state index contributed by atoms with van der Waals surface area (Å²) in [7, 11) is 3.70. The molecule has 0 saturated carbocycles. The summed E-state index contributed by atoms with van der Waals surface area (Å²) < 4.78 is 5.14. The number of likely N-dealkylation sites (N-methyl/N-ethyl adjacent to an activating group) is 1. The van der Waals surface area contributed by atoms with Crippen LogP contribution in [0, 0.1) is 5.92 Å². The molecule has 0 aliphatic heterocycles. The summed E-state index contributed by atoms with van der Waals surface area (Å²) >= 11 is 0. The molecule has 0 fully saturated rings. The van der Waals surface area contributed by atoms with E-state index in [0.717, 1.165) is 0 Å². The number of hydrogen-bond acceptors (Lipinski definition) is 3. The molecule has 0 aromatic rings. The van der Waals surface area contributed by atoms with E-state index in [4.69, 9.17) is 4.74 Å². The maximum atomic E-state index is 11.1. The predicted molar refractivity (Wildman–Crippen MR) is 48.9 cm³/mol. The largest absolute Gasteiger partial charge is 0.461 e. The first-order valence-electron chi connectivity index (χ1n) is 4.27. The first-order chi connectivity index (χ1) is 5.43. The van der Waals surface area contributed by atoms with Crippen LogP contribution < -0.4 is 0 Å². The summed E-state index contributed by atoms with van der Waals surface area (Å²) in [6, 6.07) is 0. The van der Waals surface area contributed by atoms with Gasteiger partial charge >= 0.3 is 5.97 Å². The lowest BCUT2D eigenvalue weighted by Gasteiger charge is -2.17. The lowest BCUT2D eigenvalue weighted by atomic mass is 10.1. The van der Waals surface area contributed by atoms with Gasteiger partial charge in [-0.15, -0.1) is 0 Å². The van der Waals surface area contributed by atoms with Gasteiger partial charge in [0.25, 0.3) is 0 Å². The smallest absolute Gasteiger partial charge is 0.320 e. The monoisotopic (exact) mass is 173 g/mol. The van der Waals surface area contributed by atoms with Gasteiger partial charge in [0, 0.05) is 0 Å². The Morgan fingerprint density at radius 1 is 1.33 bits per heavy atom. The van der Waals surface area contributed by atoms with E-state index in [0.29, 0.717) is 12.5 Å². The van der Waals surface area contributed by atoms with Gasteiger partial charge in [-0.25, -0.2) is 0 Å². The zero-order valence-corrected chi connectivity index (χ0v) is 8.63. The molecule has 72 valence electrons.